The molecule has 1 saturated heterocycles. The number of cyclic esters (lactones) is 1. The van der Waals surface area contributed by atoms with Gasteiger partial charge in [0.05, 0.1) is 6.61 Å². The van der Waals surface area contributed by atoms with Gasteiger partial charge < -0.3 is 14.2 Å². The summed E-state index contributed by atoms with van der Waals surface area (Å²) in [6, 6.07) is 0. The Morgan fingerprint density at radius 3 is 2.50 bits per heavy atom. The summed E-state index contributed by atoms with van der Waals surface area (Å²) >= 11 is 0. The van der Waals surface area contributed by atoms with Crippen LogP contribution in [0.2, 0.25) is 0 Å². The van der Waals surface area contributed by atoms with E-state index in [1.807, 2.05) is 0 Å². The molecule has 4 nitrogen and oxygen atoms in total. The monoisotopic (exact) mass is 292 g/mol. The van der Waals surface area contributed by atoms with E-state index < -0.39 is 0 Å². The molecular weight excluding hydrogens is 256 g/mol. The molecule has 0 radical (unpaired) electrons. The van der Waals surface area contributed by atoms with Crippen LogP contribution in [0.3, 0.4) is 0 Å². The average Bonchev–Trinajstić information content (AvgIpc) is 2.62. The third kappa shape index (κ3) is 19.7. The molecule has 0 aliphatic carbocycles. The molecule has 0 atom stereocenters. The normalized spacial score (nSPS) is 13.8. The van der Waals surface area contributed by atoms with E-state index in [0.29, 0.717) is 19.8 Å². The van der Waals surface area contributed by atoms with Gasteiger partial charge in [0.1, 0.15) is 6.79 Å². The highest BCUT2D eigenvalue weighted by molar-refractivity contribution is 5.69. The highest BCUT2D eigenvalue weighted by atomic mass is 16.7. The molecule has 0 aromatic rings. The maximum Gasteiger partial charge on any atom is 0.305 e. The van der Waals surface area contributed by atoms with E-state index in [2.05, 4.69) is 6.92 Å². The molecular formula is C16H36O4. The fraction of sp³-hybridized carbons (Fsp3) is 0.938. The van der Waals surface area contributed by atoms with Crippen molar-refractivity contribution < 1.29 is 19.0 Å². The van der Waals surface area contributed by atoms with Crippen LogP contribution in [-0.4, -0.2) is 33.1 Å². The summed E-state index contributed by atoms with van der Waals surface area (Å²) < 4.78 is 14.6. The summed E-state index contributed by atoms with van der Waals surface area (Å²) in [6.07, 6.45) is 8.87. The minimum atomic E-state index is -0.0255. The van der Waals surface area contributed by atoms with Crippen LogP contribution in [0.5, 0.6) is 0 Å². The average molecular weight is 292 g/mol. The molecule has 20 heavy (non-hydrogen) atoms. The Labute approximate surface area is 126 Å². The standard InChI is InChI=1S/C8H18O2.C6H10O2.2CH4/c1-3-4-5-6-7-10-8-9-2;7-6-4-2-1-3-5-8-6;;/h3-8H2,1-2H3;1-5H2;2*1H4. The van der Waals surface area contributed by atoms with Crippen molar-refractivity contribution in [3.8, 4) is 0 Å². The Morgan fingerprint density at radius 2 is 1.85 bits per heavy atom. The highest BCUT2D eigenvalue weighted by Crippen LogP contribution is 2.06. The van der Waals surface area contributed by atoms with Crippen LogP contribution in [-0.2, 0) is 19.0 Å². The van der Waals surface area contributed by atoms with Crippen molar-refractivity contribution in [2.24, 2.45) is 0 Å². The van der Waals surface area contributed by atoms with Crippen LogP contribution >= 0.6 is 0 Å². The van der Waals surface area contributed by atoms with Gasteiger partial charge in [-0.15, -0.1) is 0 Å². The number of carbonyl (C=O) groups excluding carboxylic acids is 1. The van der Waals surface area contributed by atoms with E-state index in [-0.39, 0.29) is 20.8 Å². The van der Waals surface area contributed by atoms with Crippen LogP contribution in [0.25, 0.3) is 0 Å². The van der Waals surface area contributed by atoms with Crippen molar-refractivity contribution in [1.82, 2.24) is 0 Å². The van der Waals surface area contributed by atoms with E-state index in [0.717, 1.165) is 32.3 Å². The smallest absolute Gasteiger partial charge is 0.305 e. The lowest BCUT2D eigenvalue weighted by atomic mass is 10.2. The number of carbonyl (C=O) groups is 1. The Kier molecular flexibility index (Phi) is 25.3. The van der Waals surface area contributed by atoms with Gasteiger partial charge in [0.2, 0.25) is 0 Å². The molecule has 1 aliphatic rings. The molecule has 0 aromatic heterocycles. The molecule has 1 heterocycles. The summed E-state index contributed by atoms with van der Waals surface area (Å²) in [5.41, 5.74) is 0. The van der Waals surface area contributed by atoms with E-state index in [1.165, 1.54) is 19.3 Å². The van der Waals surface area contributed by atoms with Gasteiger partial charge in [-0.1, -0.05) is 41.0 Å². The topological polar surface area (TPSA) is 44.8 Å². The van der Waals surface area contributed by atoms with Crippen molar-refractivity contribution in [1.29, 1.82) is 0 Å². The third-order valence-electron chi connectivity index (χ3n) is 2.63. The number of hydrogen-bond acceptors (Lipinski definition) is 4. The van der Waals surface area contributed by atoms with Gasteiger partial charge in [-0.3, -0.25) is 4.79 Å². The minimum Gasteiger partial charge on any atom is -0.466 e. The number of ether oxygens (including phenoxy) is 3. The molecule has 0 spiro atoms. The van der Waals surface area contributed by atoms with Crippen molar-refractivity contribution >= 4 is 5.97 Å². The summed E-state index contributed by atoms with van der Waals surface area (Å²) in [6.45, 7) is 4.12. The van der Waals surface area contributed by atoms with Crippen LogP contribution < -0.4 is 0 Å². The van der Waals surface area contributed by atoms with Gasteiger partial charge in [0.15, 0.2) is 0 Å². The quantitative estimate of drug-likeness (QED) is 0.392. The van der Waals surface area contributed by atoms with Crippen molar-refractivity contribution in [2.45, 2.75) is 73.1 Å². The molecule has 0 N–H and O–H groups in total. The number of rotatable bonds is 7. The summed E-state index contributed by atoms with van der Waals surface area (Å²) in [5, 5.41) is 0. The maximum absolute atomic E-state index is 10.5. The Hall–Kier alpha value is -0.610. The van der Waals surface area contributed by atoms with Gasteiger partial charge in [-0.25, -0.2) is 0 Å². The zero-order valence-corrected chi connectivity index (χ0v) is 11.9. The molecule has 0 saturated carbocycles. The Bertz CT molecular complexity index is 165. The zero-order chi connectivity index (χ0) is 13.5. The fourth-order valence-electron chi connectivity index (χ4n) is 1.58. The number of unbranched alkanes of at least 4 members (excludes halogenated alkanes) is 3. The summed E-state index contributed by atoms with van der Waals surface area (Å²) in [4.78, 5) is 10.5. The van der Waals surface area contributed by atoms with Gasteiger partial charge in [0, 0.05) is 20.1 Å². The second-order valence-corrected chi connectivity index (χ2v) is 4.41. The second kappa shape index (κ2) is 20.7. The molecule has 0 unspecified atom stereocenters. The fourth-order valence-corrected chi connectivity index (χ4v) is 1.58. The van der Waals surface area contributed by atoms with Crippen LogP contribution in [0.4, 0.5) is 0 Å². The molecule has 0 bridgehead atoms. The van der Waals surface area contributed by atoms with Gasteiger partial charge in [0.25, 0.3) is 0 Å². The first-order valence-corrected chi connectivity index (χ1v) is 7.03. The lowest BCUT2D eigenvalue weighted by molar-refractivity contribution is -0.142. The number of esters is 1. The maximum atomic E-state index is 10.5. The first-order valence-electron chi connectivity index (χ1n) is 7.03. The lowest BCUT2D eigenvalue weighted by Crippen LogP contribution is -2.00. The van der Waals surface area contributed by atoms with E-state index >= 15 is 0 Å². The lowest BCUT2D eigenvalue weighted by Gasteiger charge is -2.00. The predicted octanol–water partition coefficient (Wildman–Crippen LogP) is 4.56. The largest absolute Gasteiger partial charge is 0.466 e. The number of hydrogen-bond donors (Lipinski definition) is 0. The van der Waals surface area contributed by atoms with Crippen molar-refractivity contribution in [3.05, 3.63) is 0 Å². The van der Waals surface area contributed by atoms with Crippen LogP contribution in [0.15, 0.2) is 0 Å². The molecule has 1 aliphatic heterocycles. The van der Waals surface area contributed by atoms with E-state index in [9.17, 15) is 4.79 Å². The third-order valence-corrected chi connectivity index (χ3v) is 2.63. The van der Waals surface area contributed by atoms with E-state index in [4.69, 9.17) is 14.2 Å². The Morgan fingerprint density at radius 1 is 1.10 bits per heavy atom. The molecule has 1 fully saturated rings. The van der Waals surface area contributed by atoms with Crippen LogP contribution in [0.1, 0.15) is 73.1 Å². The van der Waals surface area contributed by atoms with E-state index in [1.54, 1.807) is 7.11 Å². The highest BCUT2D eigenvalue weighted by Gasteiger charge is 2.05. The predicted molar refractivity (Wildman–Crippen MR) is 84.9 cm³/mol. The summed E-state index contributed by atoms with van der Waals surface area (Å²) in [5.74, 6) is -0.0255. The van der Waals surface area contributed by atoms with Crippen LogP contribution in [0, 0.1) is 0 Å². The van der Waals surface area contributed by atoms with Crippen molar-refractivity contribution in [3.63, 3.8) is 0 Å². The Balaban J connectivity index is -0.000000266. The molecule has 124 valence electrons. The SMILES string of the molecule is C.C.CCCCCCOCOC.O=C1CCCCCO1. The van der Waals surface area contributed by atoms with Crippen molar-refractivity contribution in [2.75, 3.05) is 27.1 Å². The molecule has 4 heteroatoms. The minimum absolute atomic E-state index is 0. The van der Waals surface area contributed by atoms with Gasteiger partial charge in [-0.05, 0) is 25.7 Å². The van der Waals surface area contributed by atoms with Gasteiger partial charge in [-0.2, -0.15) is 0 Å². The molecule has 0 aromatic carbocycles. The first kappa shape index (κ1) is 24.4. The molecule has 0 amide bonds. The number of methoxy groups -OCH3 is 1. The summed E-state index contributed by atoms with van der Waals surface area (Å²) in [7, 11) is 1.64. The first-order chi connectivity index (χ1) is 8.81. The zero-order valence-electron chi connectivity index (χ0n) is 11.9. The van der Waals surface area contributed by atoms with Gasteiger partial charge >= 0.3 is 5.97 Å². The molecule has 1 rings (SSSR count). The second-order valence-electron chi connectivity index (χ2n) is 4.41.